The molecular weight excluding hydrogens is 284 g/mol. The molecule has 1 aromatic carbocycles. The number of hydrogen-bond donors (Lipinski definition) is 1. The average Bonchev–Trinajstić information content (AvgIpc) is 3.21. The summed E-state index contributed by atoms with van der Waals surface area (Å²) in [6.45, 7) is 3.08. The molecule has 1 aliphatic carbocycles. The maximum atomic E-state index is 4.88. The molecule has 2 aromatic rings. The SMILES string of the molecule is CNCc1sc(CSc2ccc(C)cc2)nc1C1CC1. The lowest BCUT2D eigenvalue weighted by atomic mass is 10.2. The fraction of sp³-hybridized carbons (Fsp3) is 0.438. The summed E-state index contributed by atoms with van der Waals surface area (Å²) < 4.78 is 0. The third-order valence-electron chi connectivity index (χ3n) is 3.46. The highest BCUT2D eigenvalue weighted by molar-refractivity contribution is 7.98. The maximum absolute atomic E-state index is 4.88. The lowest BCUT2D eigenvalue weighted by Crippen LogP contribution is -2.05. The van der Waals surface area contributed by atoms with E-state index in [9.17, 15) is 0 Å². The van der Waals surface area contributed by atoms with Crippen LogP contribution in [0.3, 0.4) is 0 Å². The first-order chi connectivity index (χ1) is 9.76. The Morgan fingerprint density at radius 3 is 2.70 bits per heavy atom. The molecule has 106 valence electrons. The van der Waals surface area contributed by atoms with Crippen molar-refractivity contribution < 1.29 is 0 Å². The van der Waals surface area contributed by atoms with Crippen LogP contribution in [0.2, 0.25) is 0 Å². The lowest BCUT2D eigenvalue weighted by molar-refractivity contribution is 0.812. The van der Waals surface area contributed by atoms with Gasteiger partial charge in [0, 0.05) is 22.2 Å². The van der Waals surface area contributed by atoms with Gasteiger partial charge in [-0.25, -0.2) is 4.98 Å². The van der Waals surface area contributed by atoms with E-state index in [-0.39, 0.29) is 0 Å². The standard InChI is InChI=1S/C16H20N2S2/c1-11-3-7-13(8-4-11)19-10-15-18-16(12-5-6-12)14(20-15)9-17-2/h3-4,7-8,12,17H,5-6,9-10H2,1-2H3. The molecule has 0 unspecified atom stereocenters. The summed E-state index contributed by atoms with van der Waals surface area (Å²) in [6.07, 6.45) is 2.65. The van der Waals surface area contributed by atoms with Gasteiger partial charge in [-0.2, -0.15) is 0 Å². The van der Waals surface area contributed by atoms with Crippen molar-refractivity contribution in [2.45, 2.75) is 42.9 Å². The number of nitrogens with zero attached hydrogens (tertiary/aromatic N) is 1. The zero-order chi connectivity index (χ0) is 13.9. The molecule has 0 amide bonds. The summed E-state index contributed by atoms with van der Waals surface area (Å²) in [7, 11) is 2.01. The molecule has 0 bridgehead atoms. The van der Waals surface area contributed by atoms with E-state index < -0.39 is 0 Å². The monoisotopic (exact) mass is 304 g/mol. The third-order valence-corrected chi connectivity index (χ3v) is 5.73. The Morgan fingerprint density at radius 1 is 1.30 bits per heavy atom. The summed E-state index contributed by atoms with van der Waals surface area (Å²) in [5.74, 6) is 1.73. The first-order valence-corrected chi connectivity index (χ1v) is 8.89. The van der Waals surface area contributed by atoms with E-state index in [0.717, 1.165) is 18.2 Å². The number of hydrogen-bond acceptors (Lipinski definition) is 4. The predicted molar refractivity (Wildman–Crippen MR) is 87.6 cm³/mol. The molecule has 3 rings (SSSR count). The first kappa shape index (κ1) is 14.1. The number of nitrogens with one attached hydrogen (secondary N) is 1. The minimum absolute atomic E-state index is 0.743. The Hall–Kier alpha value is -0.840. The number of benzene rings is 1. The highest BCUT2D eigenvalue weighted by Crippen LogP contribution is 2.43. The van der Waals surface area contributed by atoms with Gasteiger partial charge in [0.2, 0.25) is 0 Å². The van der Waals surface area contributed by atoms with Gasteiger partial charge in [-0.15, -0.1) is 23.1 Å². The number of aromatic nitrogens is 1. The smallest absolute Gasteiger partial charge is 0.103 e. The highest BCUT2D eigenvalue weighted by atomic mass is 32.2. The van der Waals surface area contributed by atoms with Gasteiger partial charge < -0.3 is 5.32 Å². The Bertz CT molecular complexity index is 571. The van der Waals surface area contributed by atoms with Gasteiger partial charge in [-0.1, -0.05) is 17.7 Å². The van der Waals surface area contributed by atoms with Crippen LogP contribution in [0.15, 0.2) is 29.2 Å². The molecule has 0 aliphatic heterocycles. The molecule has 1 saturated carbocycles. The van der Waals surface area contributed by atoms with Gasteiger partial charge in [0.25, 0.3) is 0 Å². The van der Waals surface area contributed by atoms with Crippen LogP contribution in [-0.4, -0.2) is 12.0 Å². The van der Waals surface area contributed by atoms with Crippen molar-refractivity contribution in [2.24, 2.45) is 0 Å². The van der Waals surface area contributed by atoms with Crippen molar-refractivity contribution in [3.05, 3.63) is 45.4 Å². The Labute approximate surface area is 129 Å². The molecular formula is C16H20N2S2. The van der Waals surface area contributed by atoms with Gasteiger partial charge in [0.05, 0.1) is 11.4 Å². The van der Waals surface area contributed by atoms with Gasteiger partial charge in [0.1, 0.15) is 5.01 Å². The molecule has 1 heterocycles. The minimum Gasteiger partial charge on any atom is -0.315 e. The van der Waals surface area contributed by atoms with E-state index >= 15 is 0 Å². The fourth-order valence-corrected chi connectivity index (χ4v) is 4.28. The Morgan fingerprint density at radius 2 is 2.05 bits per heavy atom. The molecule has 1 fully saturated rings. The van der Waals surface area contributed by atoms with E-state index in [1.807, 2.05) is 30.1 Å². The van der Waals surface area contributed by atoms with Crippen LogP contribution in [0, 0.1) is 6.92 Å². The molecule has 0 spiro atoms. The summed E-state index contributed by atoms with van der Waals surface area (Å²) >= 11 is 3.76. The molecule has 0 saturated heterocycles. The van der Waals surface area contributed by atoms with Gasteiger partial charge in [-0.3, -0.25) is 0 Å². The van der Waals surface area contributed by atoms with Crippen LogP contribution >= 0.6 is 23.1 Å². The zero-order valence-electron chi connectivity index (χ0n) is 12.0. The normalized spacial score (nSPS) is 14.7. The minimum atomic E-state index is 0.743. The zero-order valence-corrected chi connectivity index (χ0v) is 13.6. The van der Waals surface area contributed by atoms with Crippen molar-refractivity contribution in [1.29, 1.82) is 0 Å². The van der Waals surface area contributed by atoms with E-state index in [4.69, 9.17) is 4.98 Å². The topological polar surface area (TPSA) is 24.9 Å². The van der Waals surface area contributed by atoms with Crippen LogP contribution in [0.4, 0.5) is 0 Å². The molecule has 1 N–H and O–H groups in total. The van der Waals surface area contributed by atoms with Crippen molar-refractivity contribution in [3.63, 3.8) is 0 Å². The van der Waals surface area contributed by atoms with Crippen LogP contribution in [0.5, 0.6) is 0 Å². The molecule has 0 atom stereocenters. The van der Waals surface area contributed by atoms with Gasteiger partial charge in [0.15, 0.2) is 0 Å². The molecule has 2 nitrogen and oxygen atoms in total. The van der Waals surface area contributed by atoms with Crippen LogP contribution < -0.4 is 5.32 Å². The van der Waals surface area contributed by atoms with Crippen molar-refractivity contribution in [2.75, 3.05) is 7.05 Å². The number of thioether (sulfide) groups is 1. The fourth-order valence-electron chi connectivity index (χ4n) is 2.22. The van der Waals surface area contributed by atoms with E-state index in [1.165, 1.54) is 38.9 Å². The number of thiazole rings is 1. The van der Waals surface area contributed by atoms with Crippen LogP contribution in [0.1, 0.15) is 39.9 Å². The first-order valence-electron chi connectivity index (χ1n) is 7.09. The molecule has 1 aliphatic rings. The molecule has 1 aromatic heterocycles. The van der Waals surface area contributed by atoms with Crippen molar-refractivity contribution in [3.8, 4) is 0 Å². The second-order valence-electron chi connectivity index (χ2n) is 5.32. The summed E-state index contributed by atoms with van der Waals surface area (Å²) in [4.78, 5) is 7.65. The quantitative estimate of drug-likeness (QED) is 0.804. The Balaban J connectivity index is 1.67. The largest absolute Gasteiger partial charge is 0.315 e. The second kappa shape index (κ2) is 6.29. The highest BCUT2D eigenvalue weighted by Gasteiger charge is 2.29. The van der Waals surface area contributed by atoms with Crippen LogP contribution in [-0.2, 0) is 12.3 Å². The van der Waals surface area contributed by atoms with E-state index in [1.54, 1.807) is 0 Å². The number of aryl methyl sites for hydroxylation is 1. The third kappa shape index (κ3) is 3.43. The van der Waals surface area contributed by atoms with Crippen molar-refractivity contribution >= 4 is 23.1 Å². The average molecular weight is 304 g/mol. The number of rotatable bonds is 6. The molecule has 4 heteroatoms. The molecule has 0 radical (unpaired) electrons. The summed E-state index contributed by atoms with van der Waals surface area (Å²) in [6, 6.07) is 8.74. The van der Waals surface area contributed by atoms with Gasteiger partial charge in [-0.05, 0) is 38.9 Å². The summed E-state index contributed by atoms with van der Waals surface area (Å²) in [5.41, 5.74) is 2.68. The Kier molecular flexibility index (Phi) is 4.44. The van der Waals surface area contributed by atoms with Crippen molar-refractivity contribution in [1.82, 2.24) is 10.3 Å². The summed E-state index contributed by atoms with van der Waals surface area (Å²) in [5, 5.41) is 4.53. The van der Waals surface area contributed by atoms with E-state index in [0.29, 0.717) is 0 Å². The lowest BCUT2D eigenvalue weighted by Gasteiger charge is -1.99. The molecule has 20 heavy (non-hydrogen) atoms. The van der Waals surface area contributed by atoms with Crippen LogP contribution in [0.25, 0.3) is 0 Å². The maximum Gasteiger partial charge on any atom is 0.103 e. The van der Waals surface area contributed by atoms with Gasteiger partial charge >= 0.3 is 0 Å². The van der Waals surface area contributed by atoms with E-state index in [2.05, 4.69) is 36.5 Å². The predicted octanol–water partition coefficient (Wildman–Crippen LogP) is 4.34. The second-order valence-corrected chi connectivity index (χ2v) is 7.54.